The predicted octanol–water partition coefficient (Wildman–Crippen LogP) is 12.4. The minimum absolute atomic E-state index is 0.00179. The molecule has 5 nitrogen and oxygen atoms in total. The molecule has 0 saturated carbocycles. The number of carbonyl (C=O) groups is 1. The van der Waals surface area contributed by atoms with Crippen molar-refractivity contribution < 1.29 is 44.4 Å². The fourth-order valence-corrected chi connectivity index (χ4v) is 7.43. The molecular formula is C36H57F6NO4Si3. The zero-order valence-electron chi connectivity index (χ0n) is 32.4. The summed E-state index contributed by atoms with van der Waals surface area (Å²) in [6.07, 6.45) is -10.5. The normalized spacial score (nSPS) is 14.7. The molecule has 0 aromatic heterocycles. The molecule has 2 aromatic carbocycles. The zero-order chi connectivity index (χ0) is 39.1. The Hall–Kier alpha value is -2.30. The lowest BCUT2D eigenvalue weighted by atomic mass is 10.0. The Labute approximate surface area is 298 Å². The van der Waals surface area contributed by atoms with E-state index in [-0.39, 0.29) is 34.1 Å². The second kappa shape index (κ2) is 14.6. The summed E-state index contributed by atoms with van der Waals surface area (Å²) in [6.45, 7) is 31.9. The first-order chi connectivity index (χ1) is 22.1. The van der Waals surface area contributed by atoms with E-state index in [1.54, 1.807) is 0 Å². The van der Waals surface area contributed by atoms with E-state index in [1.165, 1.54) is 0 Å². The van der Waals surface area contributed by atoms with Crippen molar-refractivity contribution in [2.75, 3.05) is 6.54 Å². The van der Waals surface area contributed by atoms with Crippen LogP contribution in [0.2, 0.25) is 54.4 Å². The zero-order valence-corrected chi connectivity index (χ0v) is 35.4. The van der Waals surface area contributed by atoms with Gasteiger partial charge in [0.1, 0.15) is 11.5 Å². The molecule has 1 N–H and O–H groups in total. The number of alkyl halides is 6. The molecule has 50 heavy (non-hydrogen) atoms. The monoisotopic (exact) mass is 765 g/mol. The third kappa shape index (κ3) is 11.1. The van der Waals surface area contributed by atoms with Gasteiger partial charge in [0.2, 0.25) is 0 Å². The van der Waals surface area contributed by atoms with Crippen LogP contribution >= 0.6 is 0 Å². The Morgan fingerprint density at radius 2 is 1.06 bits per heavy atom. The summed E-state index contributed by atoms with van der Waals surface area (Å²) in [5, 5.41) is 2.15. The maximum absolute atomic E-state index is 13.5. The summed E-state index contributed by atoms with van der Waals surface area (Å²) in [5.41, 5.74) is -3.07. The van der Waals surface area contributed by atoms with Crippen LogP contribution in [0.15, 0.2) is 36.4 Å². The quantitative estimate of drug-likeness (QED) is 0.183. The maximum Gasteiger partial charge on any atom is 0.416 e. The molecule has 14 heteroatoms. The molecule has 0 fully saturated rings. The van der Waals surface area contributed by atoms with E-state index < -0.39 is 66.0 Å². The second-order valence-electron chi connectivity index (χ2n) is 17.6. The minimum atomic E-state index is -5.07. The van der Waals surface area contributed by atoms with Crippen molar-refractivity contribution in [3.8, 4) is 11.5 Å². The van der Waals surface area contributed by atoms with E-state index in [1.807, 2.05) is 18.2 Å². The minimum Gasteiger partial charge on any atom is -0.541 e. The van der Waals surface area contributed by atoms with E-state index in [9.17, 15) is 31.1 Å². The summed E-state index contributed by atoms with van der Waals surface area (Å²) in [4.78, 5) is 13.0. The van der Waals surface area contributed by atoms with Crippen LogP contribution in [0.5, 0.6) is 11.5 Å². The average molecular weight is 766 g/mol. The summed E-state index contributed by atoms with van der Waals surface area (Å²) in [7, 11) is -7.08. The third-order valence-corrected chi connectivity index (χ3v) is 23.6. The van der Waals surface area contributed by atoms with E-state index >= 15 is 0 Å². The van der Waals surface area contributed by atoms with Gasteiger partial charge in [-0.3, -0.25) is 4.79 Å². The van der Waals surface area contributed by atoms with Gasteiger partial charge in [0.05, 0.1) is 17.2 Å². The third-order valence-electron chi connectivity index (χ3n) is 10.5. The smallest absolute Gasteiger partial charge is 0.416 e. The Bertz CT molecular complexity index is 1470. The summed E-state index contributed by atoms with van der Waals surface area (Å²) < 4.78 is 101. The predicted molar refractivity (Wildman–Crippen MR) is 197 cm³/mol. The molecule has 0 aliphatic rings. The van der Waals surface area contributed by atoms with E-state index in [4.69, 9.17) is 13.3 Å². The highest BCUT2D eigenvalue weighted by Crippen LogP contribution is 2.46. The summed E-state index contributed by atoms with van der Waals surface area (Å²) in [6, 6.07) is 6.58. The first-order valence-corrected chi connectivity index (χ1v) is 25.6. The molecule has 0 aliphatic carbocycles. The van der Waals surface area contributed by atoms with Gasteiger partial charge in [-0.25, -0.2) is 0 Å². The largest absolute Gasteiger partial charge is 0.541 e. The van der Waals surface area contributed by atoms with Gasteiger partial charge in [0, 0.05) is 12.1 Å². The fraction of sp³-hybridized carbons (Fsp3) is 0.639. The van der Waals surface area contributed by atoms with Crippen molar-refractivity contribution in [1.82, 2.24) is 5.32 Å². The van der Waals surface area contributed by atoms with Crippen molar-refractivity contribution in [3.63, 3.8) is 0 Å². The molecule has 2 rings (SSSR count). The molecule has 0 spiro atoms. The molecule has 0 aliphatic heterocycles. The van der Waals surface area contributed by atoms with Crippen LogP contribution < -0.4 is 14.2 Å². The number of amides is 1. The van der Waals surface area contributed by atoms with Crippen molar-refractivity contribution in [1.29, 1.82) is 0 Å². The van der Waals surface area contributed by atoms with Crippen LogP contribution in [0.4, 0.5) is 26.3 Å². The molecular weight excluding hydrogens is 709 g/mol. The van der Waals surface area contributed by atoms with Crippen LogP contribution in [0.1, 0.15) is 102 Å². The lowest BCUT2D eigenvalue weighted by Crippen LogP contribution is -2.46. The van der Waals surface area contributed by atoms with E-state index in [2.05, 4.69) is 107 Å². The van der Waals surface area contributed by atoms with Gasteiger partial charge in [-0.2, -0.15) is 26.3 Å². The number of nitrogens with one attached hydrogen (secondary N) is 1. The van der Waals surface area contributed by atoms with Gasteiger partial charge in [-0.15, -0.1) is 0 Å². The van der Waals surface area contributed by atoms with Crippen LogP contribution in [0, 0.1) is 0 Å². The Morgan fingerprint density at radius 1 is 0.640 bits per heavy atom. The number of rotatable bonds is 11. The average Bonchev–Trinajstić information content (AvgIpc) is 2.90. The highest BCUT2D eigenvalue weighted by molar-refractivity contribution is 6.75. The van der Waals surface area contributed by atoms with Gasteiger partial charge < -0.3 is 18.6 Å². The maximum atomic E-state index is 13.5. The Morgan fingerprint density at radius 3 is 1.46 bits per heavy atom. The fourth-order valence-electron chi connectivity index (χ4n) is 4.08. The number of benzene rings is 2. The molecule has 1 amide bonds. The highest BCUT2D eigenvalue weighted by Gasteiger charge is 2.44. The van der Waals surface area contributed by atoms with Crippen molar-refractivity contribution in [2.45, 2.75) is 142 Å². The van der Waals surface area contributed by atoms with Crippen LogP contribution in [0.25, 0.3) is 0 Å². The highest BCUT2D eigenvalue weighted by atomic mass is 28.4. The first-order valence-electron chi connectivity index (χ1n) is 16.9. The van der Waals surface area contributed by atoms with Gasteiger partial charge in [0.25, 0.3) is 22.5 Å². The molecule has 0 unspecified atom stereocenters. The van der Waals surface area contributed by atoms with Gasteiger partial charge in [0.15, 0.2) is 8.32 Å². The molecule has 0 saturated heterocycles. The Balaban J connectivity index is 2.59. The standard InChI is InChI=1S/C36H57F6NO4Si3/c1-32(2,3)48(10,11)45-28(18-19-43-31(44)25-20-26(35(37,38)39)23-27(21-25)36(40,41)42)24-16-17-29(46-49(12,13)33(4,5)6)30(22-24)47-50(14,15)34(7,8)9/h16-17,20-23,28H,18-19H2,1-15H3,(H,43,44)/t28-/m0/s1. The molecule has 0 radical (unpaired) electrons. The lowest BCUT2D eigenvalue weighted by Gasteiger charge is -2.41. The van der Waals surface area contributed by atoms with Crippen molar-refractivity contribution in [2.24, 2.45) is 0 Å². The number of hydrogen-bond donors (Lipinski definition) is 1. The van der Waals surface area contributed by atoms with Crippen LogP contribution in [0.3, 0.4) is 0 Å². The lowest BCUT2D eigenvalue weighted by molar-refractivity contribution is -0.143. The van der Waals surface area contributed by atoms with Crippen molar-refractivity contribution in [3.05, 3.63) is 58.7 Å². The van der Waals surface area contributed by atoms with Crippen LogP contribution in [-0.4, -0.2) is 37.4 Å². The van der Waals surface area contributed by atoms with Gasteiger partial charge in [-0.05, 0) is 96.7 Å². The Kier molecular flexibility index (Phi) is 12.8. The summed E-state index contributed by atoms with van der Waals surface area (Å²) >= 11 is 0. The SMILES string of the molecule is CC(C)(C)[Si](C)(C)Oc1ccc([C@H](CCNC(=O)c2cc(C(F)(F)F)cc(C(F)(F)F)c2)O[Si](C)(C)C(C)(C)C)cc1O[Si](C)(C)C(C)(C)C. The molecule has 0 heterocycles. The molecule has 0 bridgehead atoms. The van der Waals surface area contributed by atoms with Gasteiger partial charge in [-0.1, -0.05) is 68.4 Å². The summed E-state index contributed by atoms with van der Waals surface area (Å²) in [5.74, 6) is 0.178. The molecule has 284 valence electrons. The second-order valence-corrected chi connectivity index (χ2v) is 31.8. The number of carbonyl (C=O) groups excluding carboxylic acids is 1. The topological polar surface area (TPSA) is 56.8 Å². The molecule has 1 atom stereocenters. The first kappa shape index (κ1) is 43.9. The van der Waals surface area contributed by atoms with Crippen LogP contribution in [-0.2, 0) is 16.8 Å². The van der Waals surface area contributed by atoms with Crippen molar-refractivity contribution >= 4 is 30.9 Å². The number of halogens is 6. The van der Waals surface area contributed by atoms with Gasteiger partial charge >= 0.3 is 12.4 Å². The molecule has 2 aromatic rings. The van der Waals surface area contributed by atoms with E-state index in [0.717, 1.165) is 5.56 Å². The van der Waals surface area contributed by atoms with E-state index in [0.29, 0.717) is 23.6 Å². The number of hydrogen-bond acceptors (Lipinski definition) is 4.